The molecule has 1 aromatic carbocycles. The Kier molecular flexibility index (Phi) is 2.10. The molecule has 0 amide bonds. The highest BCUT2D eigenvalue weighted by Crippen LogP contribution is 2.34. The van der Waals surface area contributed by atoms with Crippen molar-refractivity contribution in [3.63, 3.8) is 0 Å². The second kappa shape index (κ2) is 3.16. The maximum atomic E-state index is 5.99. The first-order chi connectivity index (χ1) is 6.62. The van der Waals surface area contributed by atoms with E-state index >= 15 is 0 Å². The number of benzene rings is 1. The van der Waals surface area contributed by atoms with Gasteiger partial charge >= 0.3 is 0 Å². The average molecular weight is 188 g/mol. The first-order valence-corrected chi connectivity index (χ1v) is 5.09. The predicted molar refractivity (Wildman–Crippen MR) is 59.3 cm³/mol. The molecule has 1 aliphatic rings. The van der Waals surface area contributed by atoms with Crippen molar-refractivity contribution in [3.05, 3.63) is 35.9 Å². The van der Waals surface area contributed by atoms with Crippen LogP contribution in [0.4, 0.5) is 0 Å². The smallest absolute Gasteiger partial charge is 0.127 e. The predicted octanol–water partition coefficient (Wildman–Crippen LogP) is 3.51. The monoisotopic (exact) mass is 188 g/mol. The maximum Gasteiger partial charge on any atom is 0.127 e. The van der Waals surface area contributed by atoms with Crippen LogP contribution < -0.4 is 4.74 Å². The van der Waals surface area contributed by atoms with E-state index in [-0.39, 0.29) is 5.60 Å². The molecule has 0 aliphatic carbocycles. The largest absolute Gasteiger partial charge is 0.483 e. The van der Waals surface area contributed by atoms with Crippen molar-refractivity contribution in [2.45, 2.75) is 26.4 Å². The van der Waals surface area contributed by atoms with Gasteiger partial charge in [-0.1, -0.05) is 38.1 Å². The molecule has 1 atom stereocenters. The number of hydrogen-bond donors (Lipinski definition) is 0. The molecule has 0 radical (unpaired) electrons. The molecule has 74 valence electrons. The van der Waals surface area contributed by atoms with Crippen LogP contribution in [0.5, 0.6) is 5.75 Å². The average Bonchev–Trinajstić information content (AvgIpc) is 2.17. The van der Waals surface area contributed by atoms with E-state index in [2.05, 4.69) is 39.0 Å². The zero-order valence-corrected chi connectivity index (χ0v) is 8.95. The van der Waals surface area contributed by atoms with Crippen LogP contribution in [0.1, 0.15) is 26.3 Å². The lowest BCUT2D eigenvalue weighted by atomic mass is 9.89. The summed E-state index contributed by atoms with van der Waals surface area (Å²) in [5.74, 6) is 1.47. The van der Waals surface area contributed by atoms with Crippen LogP contribution in [0.25, 0.3) is 6.08 Å². The molecule has 0 spiro atoms. The molecule has 1 aliphatic heterocycles. The van der Waals surface area contributed by atoms with Crippen molar-refractivity contribution in [1.82, 2.24) is 0 Å². The number of rotatable bonds is 1. The molecule has 1 aromatic rings. The summed E-state index contributed by atoms with van der Waals surface area (Å²) in [5.41, 5.74) is 1.01. The third kappa shape index (κ3) is 1.43. The first-order valence-electron chi connectivity index (χ1n) is 5.09. The van der Waals surface area contributed by atoms with Gasteiger partial charge in [0.1, 0.15) is 11.4 Å². The van der Waals surface area contributed by atoms with Crippen LogP contribution in [0, 0.1) is 5.92 Å². The minimum Gasteiger partial charge on any atom is -0.483 e. The number of ether oxygens (including phenoxy) is 1. The Hall–Kier alpha value is -1.24. The first kappa shape index (κ1) is 9.32. The Morgan fingerprint density at radius 2 is 1.93 bits per heavy atom. The summed E-state index contributed by atoms with van der Waals surface area (Å²) in [6, 6.07) is 8.15. The standard InChI is InChI=1S/C13H16O/c1-10(2)13(3)9-8-11-6-4-5-7-12(11)14-13/h4-10H,1-3H3/t13-/m1/s1. The molecule has 0 aromatic heterocycles. The summed E-state index contributed by atoms with van der Waals surface area (Å²) in [6.45, 7) is 6.49. The van der Waals surface area contributed by atoms with Gasteiger partial charge in [0.05, 0.1) is 0 Å². The Morgan fingerprint density at radius 3 is 2.64 bits per heavy atom. The van der Waals surface area contributed by atoms with Crippen molar-refractivity contribution in [2.24, 2.45) is 5.92 Å². The van der Waals surface area contributed by atoms with Crippen molar-refractivity contribution in [1.29, 1.82) is 0 Å². The molecule has 1 heteroatoms. The van der Waals surface area contributed by atoms with Crippen molar-refractivity contribution in [2.75, 3.05) is 0 Å². The number of para-hydroxylation sites is 1. The summed E-state index contributed by atoms with van der Waals surface area (Å²) in [4.78, 5) is 0. The summed E-state index contributed by atoms with van der Waals surface area (Å²) in [7, 11) is 0. The van der Waals surface area contributed by atoms with Crippen molar-refractivity contribution >= 4 is 6.08 Å². The molecule has 2 rings (SSSR count). The molecule has 1 nitrogen and oxygen atoms in total. The molecule has 0 unspecified atom stereocenters. The van der Waals surface area contributed by atoms with Gasteiger partial charge in [0, 0.05) is 5.56 Å². The molecule has 0 saturated heterocycles. The second-order valence-electron chi connectivity index (χ2n) is 4.31. The quantitative estimate of drug-likeness (QED) is 0.655. The minimum absolute atomic E-state index is 0.158. The topological polar surface area (TPSA) is 9.23 Å². The SMILES string of the molecule is CC(C)[C@@]1(C)C=Cc2ccccc2O1. The van der Waals surface area contributed by atoms with Crippen LogP contribution in [0.2, 0.25) is 0 Å². The summed E-state index contributed by atoms with van der Waals surface area (Å²) in [5, 5.41) is 0. The zero-order valence-electron chi connectivity index (χ0n) is 8.95. The van der Waals surface area contributed by atoms with E-state index < -0.39 is 0 Å². The Balaban J connectivity index is 2.38. The van der Waals surface area contributed by atoms with Crippen molar-refractivity contribution < 1.29 is 4.74 Å². The van der Waals surface area contributed by atoms with E-state index in [9.17, 15) is 0 Å². The Bertz CT molecular complexity index is 365. The van der Waals surface area contributed by atoms with Crippen LogP contribution in [-0.2, 0) is 0 Å². The van der Waals surface area contributed by atoms with Crippen LogP contribution >= 0.6 is 0 Å². The van der Waals surface area contributed by atoms with Gasteiger partial charge in [-0.15, -0.1) is 0 Å². The highest BCUT2D eigenvalue weighted by atomic mass is 16.5. The van der Waals surface area contributed by atoms with Gasteiger partial charge in [-0.05, 0) is 25.0 Å². The number of hydrogen-bond acceptors (Lipinski definition) is 1. The third-order valence-corrected chi connectivity index (χ3v) is 2.99. The summed E-state index contributed by atoms with van der Waals surface area (Å²) >= 11 is 0. The van der Waals surface area contributed by atoms with E-state index in [4.69, 9.17) is 4.74 Å². The molecule has 1 heterocycles. The summed E-state index contributed by atoms with van der Waals surface area (Å²) < 4.78 is 5.99. The van der Waals surface area contributed by atoms with Gasteiger partial charge in [-0.3, -0.25) is 0 Å². The van der Waals surface area contributed by atoms with E-state index in [0.29, 0.717) is 5.92 Å². The molecule has 14 heavy (non-hydrogen) atoms. The van der Waals surface area contributed by atoms with Gasteiger partial charge in [-0.25, -0.2) is 0 Å². The van der Waals surface area contributed by atoms with Gasteiger partial charge in [-0.2, -0.15) is 0 Å². The molecular formula is C13H16O. The fourth-order valence-corrected chi connectivity index (χ4v) is 1.55. The Morgan fingerprint density at radius 1 is 1.21 bits per heavy atom. The molecular weight excluding hydrogens is 172 g/mol. The van der Waals surface area contributed by atoms with Crippen molar-refractivity contribution in [3.8, 4) is 5.75 Å². The van der Waals surface area contributed by atoms with Crippen LogP contribution in [0.3, 0.4) is 0 Å². The number of fused-ring (bicyclic) bond motifs is 1. The van der Waals surface area contributed by atoms with Gasteiger partial charge in [0.15, 0.2) is 0 Å². The maximum absolute atomic E-state index is 5.99. The molecule has 0 N–H and O–H groups in total. The zero-order chi connectivity index (χ0) is 10.2. The third-order valence-electron chi connectivity index (χ3n) is 2.99. The lowest BCUT2D eigenvalue weighted by Crippen LogP contribution is -2.37. The van der Waals surface area contributed by atoms with Gasteiger partial charge in [0.25, 0.3) is 0 Å². The van der Waals surface area contributed by atoms with Crippen LogP contribution in [0.15, 0.2) is 30.3 Å². The van der Waals surface area contributed by atoms with E-state index in [1.807, 2.05) is 18.2 Å². The molecule has 0 fully saturated rings. The molecule has 0 saturated carbocycles. The lowest BCUT2D eigenvalue weighted by Gasteiger charge is -2.34. The minimum atomic E-state index is -0.158. The van der Waals surface area contributed by atoms with Gasteiger partial charge in [0.2, 0.25) is 0 Å². The summed E-state index contributed by atoms with van der Waals surface area (Å²) in [6.07, 6.45) is 4.30. The Labute approximate surface area is 85.4 Å². The molecule has 0 bridgehead atoms. The second-order valence-corrected chi connectivity index (χ2v) is 4.31. The van der Waals surface area contributed by atoms with E-state index in [1.54, 1.807) is 0 Å². The van der Waals surface area contributed by atoms with Crippen LogP contribution in [-0.4, -0.2) is 5.60 Å². The van der Waals surface area contributed by atoms with Gasteiger partial charge < -0.3 is 4.74 Å². The fraction of sp³-hybridized carbons (Fsp3) is 0.385. The normalized spacial score (nSPS) is 24.6. The fourth-order valence-electron chi connectivity index (χ4n) is 1.55. The highest BCUT2D eigenvalue weighted by molar-refractivity contribution is 5.60. The van der Waals surface area contributed by atoms with E-state index in [1.165, 1.54) is 5.56 Å². The lowest BCUT2D eigenvalue weighted by molar-refractivity contribution is 0.0875. The highest BCUT2D eigenvalue weighted by Gasteiger charge is 2.30. The van der Waals surface area contributed by atoms with E-state index in [0.717, 1.165) is 5.75 Å².